The van der Waals surface area contributed by atoms with Crippen LogP contribution in [0.4, 0.5) is 0 Å². The summed E-state index contributed by atoms with van der Waals surface area (Å²) in [5.41, 5.74) is 0.618. The first kappa shape index (κ1) is 14.4. The number of carbonyl (C=O) groups is 1. The topological polar surface area (TPSA) is 65.0 Å². The fourth-order valence-corrected chi connectivity index (χ4v) is 2.01. The Kier molecular flexibility index (Phi) is 5.03. The van der Waals surface area contributed by atoms with Gasteiger partial charge in [0.2, 0.25) is 5.75 Å². The number of hydrogen-bond donors (Lipinski definition) is 1. The molecule has 0 heterocycles. The predicted molar refractivity (Wildman–Crippen MR) is 70.5 cm³/mol. The maximum Gasteiger partial charge on any atom is 0.328 e. The van der Waals surface area contributed by atoms with Crippen LogP contribution in [0.5, 0.6) is 17.2 Å². The van der Waals surface area contributed by atoms with E-state index in [0.29, 0.717) is 27.3 Å². The van der Waals surface area contributed by atoms with Crippen LogP contribution >= 0.6 is 15.9 Å². The summed E-state index contributed by atoms with van der Waals surface area (Å²) < 4.78 is 16.2. The van der Waals surface area contributed by atoms with Crippen molar-refractivity contribution in [3.8, 4) is 17.2 Å². The Balaban J connectivity index is 3.41. The number of rotatable bonds is 5. The lowest BCUT2D eigenvalue weighted by Gasteiger charge is -2.15. The zero-order chi connectivity index (χ0) is 13.7. The van der Waals surface area contributed by atoms with Gasteiger partial charge in [0.05, 0.1) is 25.8 Å². The first-order valence-corrected chi connectivity index (χ1v) is 5.73. The Morgan fingerprint density at radius 2 is 1.83 bits per heavy atom. The van der Waals surface area contributed by atoms with Gasteiger partial charge in [0.15, 0.2) is 11.5 Å². The van der Waals surface area contributed by atoms with Crippen molar-refractivity contribution in [2.45, 2.75) is 0 Å². The molecule has 0 saturated heterocycles. The van der Waals surface area contributed by atoms with E-state index in [0.717, 1.165) is 6.08 Å². The van der Waals surface area contributed by atoms with Crippen molar-refractivity contribution in [1.82, 2.24) is 0 Å². The average Bonchev–Trinajstić information content (AvgIpc) is 2.36. The minimum atomic E-state index is -1.03. The van der Waals surface area contributed by atoms with Gasteiger partial charge in [-0.05, 0) is 33.6 Å². The Labute approximate surface area is 113 Å². The van der Waals surface area contributed by atoms with E-state index < -0.39 is 5.97 Å². The molecule has 0 radical (unpaired) electrons. The van der Waals surface area contributed by atoms with Crippen LogP contribution in [0.1, 0.15) is 5.56 Å². The number of halogens is 1. The van der Waals surface area contributed by atoms with Crippen molar-refractivity contribution in [3.63, 3.8) is 0 Å². The van der Waals surface area contributed by atoms with Gasteiger partial charge in [0.1, 0.15) is 0 Å². The number of carboxylic acids is 1. The van der Waals surface area contributed by atoms with Gasteiger partial charge in [-0.2, -0.15) is 0 Å². The number of benzene rings is 1. The molecule has 0 aliphatic rings. The molecule has 1 aromatic rings. The molecule has 0 atom stereocenters. The van der Waals surface area contributed by atoms with Gasteiger partial charge in [-0.3, -0.25) is 0 Å². The molecule has 0 bridgehead atoms. The van der Waals surface area contributed by atoms with Gasteiger partial charge >= 0.3 is 5.97 Å². The highest BCUT2D eigenvalue weighted by atomic mass is 79.9. The van der Waals surface area contributed by atoms with Gasteiger partial charge < -0.3 is 19.3 Å². The molecule has 1 rings (SSSR count). The Morgan fingerprint density at radius 1 is 1.22 bits per heavy atom. The summed E-state index contributed by atoms with van der Waals surface area (Å²) in [5.74, 6) is 0.319. The zero-order valence-corrected chi connectivity index (χ0v) is 11.8. The first-order chi connectivity index (χ1) is 8.54. The molecule has 5 nitrogen and oxygen atoms in total. The summed E-state index contributed by atoms with van der Waals surface area (Å²) in [6.45, 7) is 0. The number of methoxy groups -OCH3 is 3. The van der Waals surface area contributed by atoms with Crippen LogP contribution in [0.25, 0.3) is 6.08 Å². The van der Waals surface area contributed by atoms with Crippen molar-refractivity contribution in [3.05, 3.63) is 22.2 Å². The Morgan fingerprint density at radius 3 is 2.28 bits per heavy atom. The molecular formula is C12H13BrO5. The molecule has 98 valence electrons. The van der Waals surface area contributed by atoms with Gasteiger partial charge in [0, 0.05) is 6.08 Å². The quantitative estimate of drug-likeness (QED) is 0.846. The van der Waals surface area contributed by atoms with E-state index in [2.05, 4.69) is 15.9 Å². The van der Waals surface area contributed by atoms with E-state index in [4.69, 9.17) is 19.3 Å². The zero-order valence-electron chi connectivity index (χ0n) is 10.2. The SMILES string of the molecule is COc1cc(/C=C/C(=O)O)c(Br)c(OC)c1OC. The fourth-order valence-electron chi connectivity index (χ4n) is 1.42. The lowest BCUT2D eigenvalue weighted by Crippen LogP contribution is -1.97. The summed E-state index contributed by atoms with van der Waals surface area (Å²) >= 11 is 3.34. The molecule has 6 heteroatoms. The van der Waals surface area contributed by atoms with Crippen LogP contribution in [0.15, 0.2) is 16.6 Å². The molecule has 1 N–H and O–H groups in total. The highest BCUT2D eigenvalue weighted by Gasteiger charge is 2.17. The average molecular weight is 317 g/mol. The second kappa shape index (κ2) is 6.30. The van der Waals surface area contributed by atoms with E-state index in [9.17, 15) is 4.79 Å². The molecule has 0 saturated carbocycles. The third kappa shape index (κ3) is 2.95. The van der Waals surface area contributed by atoms with Crippen molar-refractivity contribution >= 4 is 28.0 Å². The summed E-state index contributed by atoms with van der Waals surface area (Å²) in [5, 5.41) is 8.63. The third-order valence-corrected chi connectivity index (χ3v) is 3.02. The summed E-state index contributed by atoms with van der Waals surface area (Å²) in [6.07, 6.45) is 2.47. The van der Waals surface area contributed by atoms with E-state index in [1.165, 1.54) is 27.4 Å². The number of ether oxygens (including phenoxy) is 3. The smallest absolute Gasteiger partial charge is 0.328 e. The first-order valence-electron chi connectivity index (χ1n) is 4.94. The van der Waals surface area contributed by atoms with Crippen molar-refractivity contribution in [1.29, 1.82) is 0 Å². The Bertz CT molecular complexity index is 482. The van der Waals surface area contributed by atoms with Gasteiger partial charge in [-0.25, -0.2) is 4.79 Å². The highest BCUT2D eigenvalue weighted by Crippen LogP contribution is 2.45. The second-order valence-electron chi connectivity index (χ2n) is 3.22. The molecule has 0 spiro atoms. The maximum atomic E-state index is 10.5. The second-order valence-corrected chi connectivity index (χ2v) is 4.01. The van der Waals surface area contributed by atoms with Crippen LogP contribution in [0, 0.1) is 0 Å². The summed E-state index contributed by atoms with van der Waals surface area (Å²) in [4.78, 5) is 10.5. The lowest BCUT2D eigenvalue weighted by molar-refractivity contribution is -0.131. The van der Waals surface area contributed by atoms with E-state index in [1.807, 2.05) is 0 Å². The monoisotopic (exact) mass is 316 g/mol. The standard InChI is InChI=1S/C12H13BrO5/c1-16-8-6-7(4-5-9(14)15)10(13)12(18-3)11(8)17-2/h4-6H,1-3H3,(H,14,15)/b5-4+. The van der Waals surface area contributed by atoms with Gasteiger partial charge in [-0.1, -0.05) is 0 Å². The molecule has 0 aliphatic carbocycles. The van der Waals surface area contributed by atoms with Crippen molar-refractivity contribution in [2.24, 2.45) is 0 Å². The molecular weight excluding hydrogens is 304 g/mol. The third-order valence-electron chi connectivity index (χ3n) is 2.20. The molecule has 0 aromatic heterocycles. The minimum Gasteiger partial charge on any atom is -0.493 e. The molecule has 18 heavy (non-hydrogen) atoms. The highest BCUT2D eigenvalue weighted by molar-refractivity contribution is 9.10. The number of aliphatic carboxylic acids is 1. The molecule has 1 aromatic carbocycles. The predicted octanol–water partition coefficient (Wildman–Crippen LogP) is 2.57. The summed E-state index contributed by atoms with van der Waals surface area (Å²) in [7, 11) is 4.49. The van der Waals surface area contributed by atoms with Gasteiger partial charge in [-0.15, -0.1) is 0 Å². The molecule has 0 fully saturated rings. The largest absolute Gasteiger partial charge is 0.493 e. The van der Waals surface area contributed by atoms with E-state index in [-0.39, 0.29) is 0 Å². The Hall–Kier alpha value is -1.69. The number of hydrogen-bond acceptors (Lipinski definition) is 4. The van der Waals surface area contributed by atoms with E-state index in [1.54, 1.807) is 6.07 Å². The molecule has 0 amide bonds. The fraction of sp³-hybridized carbons (Fsp3) is 0.250. The van der Waals surface area contributed by atoms with Gasteiger partial charge in [0.25, 0.3) is 0 Å². The molecule has 0 unspecified atom stereocenters. The normalized spacial score (nSPS) is 10.4. The van der Waals surface area contributed by atoms with Crippen LogP contribution < -0.4 is 14.2 Å². The lowest BCUT2D eigenvalue weighted by atomic mass is 10.1. The number of carboxylic acid groups (broad SMARTS) is 1. The van der Waals surface area contributed by atoms with Crippen LogP contribution in [0.2, 0.25) is 0 Å². The van der Waals surface area contributed by atoms with Crippen LogP contribution in [-0.4, -0.2) is 32.4 Å². The minimum absolute atomic E-state index is 0.444. The summed E-state index contributed by atoms with van der Waals surface area (Å²) in [6, 6.07) is 1.66. The van der Waals surface area contributed by atoms with Crippen molar-refractivity contribution < 1.29 is 24.1 Å². The maximum absolute atomic E-state index is 10.5. The molecule has 0 aliphatic heterocycles. The van der Waals surface area contributed by atoms with E-state index >= 15 is 0 Å². The van der Waals surface area contributed by atoms with Crippen LogP contribution in [-0.2, 0) is 4.79 Å². The van der Waals surface area contributed by atoms with Crippen molar-refractivity contribution in [2.75, 3.05) is 21.3 Å². The van der Waals surface area contributed by atoms with Crippen LogP contribution in [0.3, 0.4) is 0 Å².